The first-order valence-electron chi connectivity index (χ1n) is 10.2. The minimum absolute atomic E-state index is 0.315. The summed E-state index contributed by atoms with van der Waals surface area (Å²) in [5.41, 5.74) is 4.34. The van der Waals surface area contributed by atoms with E-state index in [4.69, 9.17) is 4.74 Å². The molecule has 0 saturated heterocycles. The summed E-state index contributed by atoms with van der Waals surface area (Å²) in [5, 5.41) is 10.1. The molecule has 2 aromatic heterocycles. The van der Waals surface area contributed by atoms with Crippen molar-refractivity contribution in [3.05, 3.63) is 83.4 Å². The number of nitrogens with zero attached hydrogens (tertiary/aromatic N) is 4. The average Bonchev–Trinajstić information content (AvgIpc) is 3.07. The van der Waals surface area contributed by atoms with Crippen LogP contribution in [0.25, 0.3) is 5.82 Å². The standard InChI is InChI=1S/C24H24N6O2/c1-15-6-5-7-20(12-15)28-24(31)27-19-8-10-21(11-9-19)32-23-14-22(25-18(4)26-23)30-17(3)13-16(2)29-30/h5-14H,1-4H3,(H2,27,28,31). The summed E-state index contributed by atoms with van der Waals surface area (Å²) < 4.78 is 7.68. The van der Waals surface area contributed by atoms with E-state index in [0.717, 1.165) is 22.6 Å². The van der Waals surface area contributed by atoms with E-state index in [-0.39, 0.29) is 6.03 Å². The molecule has 2 amide bonds. The van der Waals surface area contributed by atoms with Gasteiger partial charge in [-0.3, -0.25) is 0 Å². The molecule has 0 unspecified atom stereocenters. The predicted octanol–water partition coefficient (Wildman–Crippen LogP) is 5.33. The molecule has 2 N–H and O–H groups in total. The smallest absolute Gasteiger partial charge is 0.323 e. The van der Waals surface area contributed by atoms with Crippen molar-refractivity contribution in [1.29, 1.82) is 0 Å². The van der Waals surface area contributed by atoms with E-state index >= 15 is 0 Å². The summed E-state index contributed by atoms with van der Waals surface area (Å²) in [5.74, 6) is 2.23. The molecule has 4 aromatic rings. The van der Waals surface area contributed by atoms with Gasteiger partial charge < -0.3 is 15.4 Å². The van der Waals surface area contributed by atoms with Crippen LogP contribution in [-0.4, -0.2) is 25.8 Å². The van der Waals surface area contributed by atoms with Crippen molar-refractivity contribution in [3.63, 3.8) is 0 Å². The quantitative estimate of drug-likeness (QED) is 0.448. The van der Waals surface area contributed by atoms with E-state index in [0.29, 0.717) is 29.0 Å². The Balaban J connectivity index is 1.43. The third kappa shape index (κ3) is 5.10. The van der Waals surface area contributed by atoms with Gasteiger partial charge in [0.25, 0.3) is 0 Å². The molecule has 0 aliphatic rings. The lowest BCUT2D eigenvalue weighted by atomic mass is 10.2. The number of aryl methyl sites for hydroxylation is 4. The van der Waals surface area contributed by atoms with Gasteiger partial charge in [-0.15, -0.1) is 0 Å². The summed E-state index contributed by atoms with van der Waals surface area (Å²) in [6.45, 7) is 7.69. The molecule has 8 nitrogen and oxygen atoms in total. The molecule has 0 atom stereocenters. The van der Waals surface area contributed by atoms with Crippen LogP contribution in [0, 0.1) is 27.7 Å². The molecule has 0 fully saturated rings. The number of amides is 2. The molecular formula is C24H24N6O2. The first kappa shape index (κ1) is 21.0. The van der Waals surface area contributed by atoms with Crippen molar-refractivity contribution in [1.82, 2.24) is 19.7 Å². The van der Waals surface area contributed by atoms with Crippen molar-refractivity contribution in [2.24, 2.45) is 0 Å². The number of carbonyl (C=O) groups excluding carboxylic acids is 1. The molecule has 2 heterocycles. The van der Waals surface area contributed by atoms with Gasteiger partial charge in [-0.1, -0.05) is 12.1 Å². The van der Waals surface area contributed by atoms with Crippen LogP contribution in [-0.2, 0) is 0 Å². The molecule has 0 aliphatic heterocycles. The van der Waals surface area contributed by atoms with E-state index in [1.165, 1.54) is 0 Å². The van der Waals surface area contributed by atoms with Crippen LogP contribution in [0.5, 0.6) is 11.6 Å². The molecule has 0 bridgehead atoms. The lowest BCUT2D eigenvalue weighted by molar-refractivity contribution is 0.262. The maximum absolute atomic E-state index is 12.2. The number of carbonyl (C=O) groups is 1. The molecule has 0 aliphatic carbocycles. The molecule has 4 rings (SSSR count). The Kier molecular flexibility index (Phi) is 5.85. The zero-order valence-corrected chi connectivity index (χ0v) is 18.4. The van der Waals surface area contributed by atoms with Gasteiger partial charge in [0.2, 0.25) is 5.88 Å². The van der Waals surface area contributed by atoms with Crippen molar-refractivity contribution < 1.29 is 9.53 Å². The van der Waals surface area contributed by atoms with E-state index in [9.17, 15) is 4.79 Å². The Hall–Kier alpha value is -4.20. The Morgan fingerprint density at radius 2 is 1.62 bits per heavy atom. The molecule has 8 heteroatoms. The van der Waals surface area contributed by atoms with Crippen LogP contribution in [0.2, 0.25) is 0 Å². The van der Waals surface area contributed by atoms with E-state index in [1.54, 1.807) is 35.0 Å². The average molecular weight is 428 g/mol. The number of hydrogen-bond donors (Lipinski definition) is 2. The highest BCUT2D eigenvalue weighted by Crippen LogP contribution is 2.24. The number of anilines is 2. The lowest BCUT2D eigenvalue weighted by Gasteiger charge is -2.10. The largest absolute Gasteiger partial charge is 0.439 e. The van der Waals surface area contributed by atoms with Gasteiger partial charge in [-0.2, -0.15) is 10.1 Å². The second-order valence-electron chi connectivity index (χ2n) is 7.53. The second kappa shape index (κ2) is 8.89. The number of hydrogen-bond acceptors (Lipinski definition) is 5. The Morgan fingerprint density at radius 1 is 0.875 bits per heavy atom. The van der Waals surface area contributed by atoms with Crippen molar-refractivity contribution in [2.75, 3.05) is 10.6 Å². The minimum atomic E-state index is -0.315. The number of aromatic nitrogens is 4. The Bertz CT molecular complexity index is 1260. The zero-order valence-electron chi connectivity index (χ0n) is 18.4. The van der Waals surface area contributed by atoms with Crippen molar-refractivity contribution >= 4 is 17.4 Å². The highest BCUT2D eigenvalue weighted by Gasteiger charge is 2.10. The topological polar surface area (TPSA) is 94.0 Å². The third-order valence-electron chi connectivity index (χ3n) is 4.64. The van der Waals surface area contributed by atoms with Gasteiger partial charge in [0.05, 0.1) is 5.69 Å². The van der Waals surface area contributed by atoms with Crippen LogP contribution in [0.15, 0.2) is 60.7 Å². The number of benzene rings is 2. The maximum Gasteiger partial charge on any atom is 0.323 e. The van der Waals surface area contributed by atoms with E-state index in [2.05, 4.69) is 25.7 Å². The molecule has 32 heavy (non-hydrogen) atoms. The fourth-order valence-corrected chi connectivity index (χ4v) is 3.29. The second-order valence-corrected chi connectivity index (χ2v) is 7.53. The summed E-state index contributed by atoms with van der Waals surface area (Å²) in [6, 6.07) is 18.1. The van der Waals surface area contributed by atoms with Crippen molar-refractivity contribution in [2.45, 2.75) is 27.7 Å². The Labute approximate surface area is 186 Å². The van der Waals surface area contributed by atoms with Gasteiger partial charge in [0, 0.05) is 23.1 Å². The molecule has 0 saturated carbocycles. The van der Waals surface area contributed by atoms with Gasteiger partial charge in [0.15, 0.2) is 5.82 Å². The third-order valence-corrected chi connectivity index (χ3v) is 4.64. The summed E-state index contributed by atoms with van der Waals surface area (Å²) in [4.78, 5) is 21.1. The first-order valence-corrected chi connectivity index (χ1v) is 10.2. The summed E-state index contributed by atoms with van der Waals surface area (Å²) in [7, 11) is 0. The van der Waals surface area contributed by atoms with E-state index in [1.807, 2.05) is 58.0 Å². The fraction of sp³-hybridized carbons (Fsp3) is 0.167. The minimum Gasteiger partial charge on any atom is -0.439 e. The number of urea groups is 1. The monoisotopic (exact) mass is 428 g/mol. The lowest BCUT2D eigenvalue weighted by Crippen LogP contribution is -2.19. The first-order chi connectivity index (χ1) is 15.4. The number of rotatable bonds is 5. The highest BCUT2D eigenvalue weighted by molar-refractivity contribution is 5.99. The molecule has 0 spiro atoms. The van der Waals surface area contributed by atoms with Gasteiger partial charge in [-0.25, -0.2) is 14.5 Å². The van der Waals surface area contributed by atoms with E-state index < -0.39 is 0 Å². The van der Waals surface area contributed by atoms with Gasteiger partial charge >= 0.3 is 6.03 Å². The molecular weight excluding hydrogens is 404 g/mol. The zero-order chi connectivity index (χ0) is 22.7. The predicted molar refractivity (Wildman–Crippen MR) is 124 cm³/mol. The van der Waals surface area contributed by atoms with Crippen LogP contribution in [0.4, 0.5) is 16.2 Å². The number of ether oxygens (including phenoxy) is 1. The van der Waals surface area contributed by atoms with Crippen LogP contribution in [0.3, 0.4) is 0 Å². The van der Waals surface area contributed by atoms with Crippen LogP contribution in [0.1, 0.15) is 22.8 Å². The fourth-order valence-electron chi connectivity index (χ4n) is 3.29. The normalized spacial score (nSPS) is 10.6. The number of nitrogens with one attached hydrogen (secondary N) is 2. The summed E-state index contributed by atoms with van der Waals surface area (Å²) in [6.07, 6.45) is 0. The SMILES string of the molecule is Cc1cccc(NC(=O)Nc2ccc(Oc3cc(-n4nc(C)cc4C)nc(C)n3)cc2)c1. The van der Waals surface area contributed by atoms with Crippen LogP contribution < -0.4 is 15.4 Å². The van der Waals surface area contributed by atoms with Crippen molar-refractivity contribution in [3.8, 4) is 17.4 Å². The molecule has 162 valence electrons. The molecule has 0 radical (unpaired) electrons. The van der Waals surface area contributed by atoms with Gasteiger partial charge in [0.1, 0.15) is 11.6 Å². The Morgan fingerprint density at radius 3 is 2.31 bits per heavy atom. The highest BCUT2D eigenvalue weighted by atomic mass is 16.5. The van der Waals surface area contributed by atoms with Gasteiger partial charge in [-0.05, 0) is 75.7 Å². The maximum atomic E-state index is 12.2. The molecule has 2 aromatic carbocycles. The van der Waals surface area contributed by atoms with Crippen LogP contribution >= 0.6 is 0 Å². The summed E-state index contributed by atoms with van der Waals surface area (Å²) >= 11 is 0.